The topological polar surface area (TPSA) is 45.7 Å². The lowest BCUT2D eigenvalue weighted by Crippen LogP contribution is -2.40. The van der Waals surface area contributed by atoms with E-state index in [1.807, 2.05) is 19.9 Å². The Labute approximate surface area is 160 Å². The summed E-state index contributed by atoms with van der Waals surface area (Å²) in [6, 6.07) is 5.73. The van der Waals surface area contributed by atoms with Gasteiger partial charge in [-0.3, -0.25) is 4.99 Å². The second-order valence-electron chi connectivity index (χ2n) is 6.55. The maximum atomic E-state index is 14.2. The molecule has 1 aromatic rings. The second-order valence-corrected chi connectivity index (χ2v) is 6.55. The van der Waals surface area contributed by atoms with Gasteiger partial charge in [0.1, 0.15) is 0 Å². The van der Waals surface area contributed by atoms with Crippen LogP contribution in [0.3, 0.4) is 0 Å². The Morgan fingerprint density at radius 1 is 1.33 bits per heavy atom. The number of ether oxygens (including phenoxy) is 1. The van der Waals surface area contributed by atoms with Gasteiger partial charge in [0.15, 0.2) is 17.5 Å². The van der Waals surface area contributed by atoms with Crippen LogP contribution in [0.15, 0.2) is 23.2 Å². The highest BCUT2D eigenvalue weighted by Gasteiger charge is 2.24. The zero-order valence-corrected chi connectivity index (χ0v) is 16.7. The molecule has 24 heavy (non-hydrogen) atoms. The lowest BCUT2D eigenvalue weighted by Gasteiger charge is -2.19. The van der Waals surface area contributed by atoms with E-state index >= 15 is 0 Å². The van der Waals surface area contributed by atoms with Gasteiger partial charge in [-0.2, -0.15) is 0 Å². The molecule has 1 aromatic carbocycles. The van der Waals surface area contributed by atoms with Gasteiger partial charge in [-0.25, -0.2) is 4.39 Å². The molecule has 134 valence electrons. The number of guanidine groups is 1. The van der Waals surface area contributed by atoms with E-state index in [1.165, 1.54) is 25.7 Å². The van der Waals surface area contributed by atoms with Crippen molar-refractivity contribution in [2.24, 2.45) is 10.9 Å². The third-order valence-corrected chi connectivity index (χ3v) is 4.22. The maximum absolute atomic E-state index is 14.2. The van der Waals surface area contributed by atoms with Crippen LogP contribution in [0.5, 0.6) is 5.75 Å². The molecule has 0 radical (unpaired) electrons. The van der Waals surface area contributed by atoms with Gasteiger partial charge in [-0.05, 0) is 63.1 Å². The van der Waals surface area contributed by atoms with Gasteiger partial charge in [0.25, 0.3) is 0 Å². The summed E-state index contributed by atoms with van der Waals surface area (Å²) in [5.41, 5.74) is 0.891. The number of nitrogens with one attached hydrogen (secondary N) is 2. The second kappa shape index (κ2) is 8.87. The number of hydrogen-bond donors (Lipinski definition) is 2. The van der Waals surface area contributed by atoms with Crippen LogP contribution in [0.4, 0.5) is 4.39 Å². The number of halogens is 2. The van der Waals surface area contributed by atoms with E-state index in [9.17, 15) is 4.39 Å². The van der Waals surface area contributed by atoms with E-state index in [4.69, 9.17) is 4.74 Å². The van der Waals surface area contributed by atoms with Crippen molar-refractivity contribution in [3.8, 4) is 5.75 Å². The molecule has 0 spiro atoms. The quantitative estimate of drug-likeness (QED) is 0.377. The molecule has 0 saturated heterocycles. The molecule has 2 N–H and O–H groups in total. The van der Waals surface area contributed by atoms with Crippen LogP contribution in [-0.4, -0.2) is 25.2 Å². The monoisotopic (exact) mass is 447 g/mol. The molecule has 2 fully saturated rings. The minimum Gasteiger partial charge on any atom is -0.490 e. The first-order chi connectivity index (χ1) is 11.2. The minimum atomic E-state index is -0.291. The Hall–Kier alpha value is -1.05. The number of benzene rings is 1. The van der Waals surface area contributed by atoms with Crippen LogP contribution >= 0.6 is 24.0 Å². The molecular formula is C18H27FIN3O. The zero-order chi connectivity index (χ0) is 16.2. The number of nitrogens with zero attached hydrogens (tertiary/aromatic N) is 1. The molecule has 1 unspecified atom stereocenters. The van der Waals surface area contributed by atoms with Crippen molar-refractivity contribution < 1.29 is 9.13 Å². The van der Waals surface area contributed by atoms with Gasteiger partial charge in [-0.15, -0.1) is 24.0 Å². The summed E-state index contributed by atoms with van der Waals surface area (Å²) in [5, 5.41) is 6.72. The number of aliphatic imine (C=N–C) groups is 1. The average Bonchev–Trinajstić information content (AvgIpc) is 3.41. The third-order valence-electron chi connectivity index (χ3n) is 4.22. The Morgan fingerprint density at radius 3 is 2.67 bits per heavy atom. The van der Waals surface area contributed by atoms with Crippen LogP contribution in [0.2, 0.25) is 0 Å². The molecule has 1 atom stereocenters. The Morgan fingerprint density at radius 2 is 2.08 bits per heavy atom. The summed E-state index contributed by atoms with van der Waals surface area (Å²) in [4.78, 5) is 4.44. The molecule has 0 amide bonds. The van der Waals surface area contributed by atoms with Gasteiger partial charge < -0.3 is 15.4 Å². The zero-order valence-electron chi connectivity index (χ0n) is 14.3. The highest BCUT2D eigenvalue weighted by molar-refractivity contribution is 14.0. The Balaban J connectivity index is 0.00000208. The minimum absolute atomic E-state index is 0. The van der Waals surface area contributed by atoms with Crippen molar-refractivity contribution in [2.45, 2.75) is 51.6 Å². The lowest BCUT2D eigenvalue weighted by molar-refractivity contribution is 0.285. The van der Waals surface area contributed by atoms with Crippen molar-refractivity contribution in [1.82, 2.24) is 10.6 Å². The molecule has 2 aliphatic rings. The molecule has 6 heteroatoms. The van der Waals surface area contributed by atoms with Crippen LogP contribution in [-0.2, 0) is 0 Å². The normalized spacial score (nSPS) is 18.5. The van der Waals surface area contributed by atoms with Crippen molar-refractivity contribution in [1.29, 1.82) is 0 Å². The standard InChI is InChI=1S/C18H26FN3O.HI/c1-3-20-18(22-15-7-8-15)21-12(2)14-6-9-17(16(19)10-14)23-11-13-4-5-13;/h6,9-10,12-13,15H,3-5,7-8,11H2,1-2H3,(H2,20,21,22);1H. The molecule has 4 nitrogen and oxygen atoms in total. The fourth-order valence-corrected chi connectivity index (χ4v) is 2.40. The summed E-state index contributed by atoms with van der Waals surface area (Å²) < 4.78 is 19.7. The first-order valence-electron chi connectivity index (χ1n) is 8.65. The van der Waals surface area contributed by atoms with Crippen LogP contribution < -0.4 is 15.4 Å². The van der Waals surface area contributed by atoms with Crippen molar-refractivity contribution in [3.05, 3.63) is 29.6 Å². The van der Waals surface area contributed by atoms with Crippen molar-refractivity contribution in [2.75, 3.05) is 13.2 Å². The van der Waals surface area contributed by atoms with Gasteiger partial charge in [0.2, 0.25) is 0 Å². The molecule has 3 rings (SSSR count). The van der Waals surface area contributed by atoms with E-state index in [0.717, 1.165) is 18.1 Å². The van der Waals surface area contributed by atoms with Crippen molar-refractivity contribution >= 4 is 29.9 Å². The fourth-order valence-electron chi connectivity index (χ4n) is 2.40. The molecule has 2 saturated carbocycles. The van der Waals surface area contributed by atoms with Gasteiger partial charge in [0, 0.05) is 12.6 Å². The third kappa shape index (κ3) is 5.79. The molecule has 0 aromatic heterocycles. The van der Waals surface area contributed by atoms with Crippen LogP contribution in [0.1, 0.15) is 51.1 Å². The average molecular weight is 447 g/mol. The fraction of sp³-hybridized carbons (Fsp3) is 0.611. The lowest BCUT2D eigenvalue weighted by atomic mass is 10.1. The van der Waals surface area contributed by atoms with Gasteiger partial charge in [0.05, 0.1) is 12.6 Å². The Kier molecular flexibility index (Phi) is 7.13. The molecule has 0 aliphatic heterocycles. The maximum Gasteiger partial charge on any atom is 0.191 e. The highest BCUT2D eigenvalue weighted by Crippen LogP contribution is 2.30. The van der Waals surface area contributed by atoms with Gasteiger partial charge in [-0.1, -0.05) is 6.07 Å². The summed E-state index contributed by atoms with van der Waals surface area (Å²) in [6.07, 6.45) is 4.79. The highest BCUT2D eigenvalue weighted by atomic mass is 127. The molecule has 0 bridgehead atoms. The smallest absolute Gasteiger partial charge is 0.191 e. The first kappa shape index (κ1) is 19.3. The largest absolute Gasteiger partial charge is 0.490 e. The number of hydrogen-bond acceptors (Lipinski definition) is 2. The SMILES string of the molecule is CCN=C(NC1CC1)NC(C)c1ccc(OCC2CC2)c(F)c1.I. The predicted molar refractivity (Wildman–Crippen MR) is 106 cm³/mol. The number of rotatable bonds is 7. The molecular weight excluding hydrogens is 420 g/mol. The van der Waals surface area contributed by atoms with E-state index in [1.54, 1.807) is 12.1 Å². The van der Waals surface area contributed by atoms with Crippen molar-refractivity contribution in [3.63, 3.8) is 0 Å². The summed E-state index contributed by atoms with van der Waals surface area (Å²) in [6.45, 7) is 5.37. The summed E-state index contributed by atoms with van der Waals surface area (Å²) in [5.74, 6) is 1.49. The molecule has 2 aliphatic carbocycles. The van der Waals surface area contributed by atoms with E-state index in [0.29, 0.717) is 24.3 Å². The van der Waals surface area contributed by atoms with E-state index in [2.05, 4.69) is 15.6 Å². The van der Waals surface area contributed by atoms with E-state index < -0.39 is 0 Å². The predicted octanol–water partition coefficient (Wildman–Crippen LogP) is 4.01. The van der Waals surface area contributed by atoms with E-state index in [-0.39, 0.29) is 35.8 Å². The first-order valence-corrected chi connectivity index (χ1v) is 8.65. The summed E-state index contributed by atoms with van der Waals surface area (Å²) in [7, 11) is 0. The van der Waals surface area contributed by atoms with Crippen LogP contribution in [0, 0.1) is 11.7 Å². The molecule has 0 heterocycles. The van der Waals surface area contributed by atoms with Gasteiger partial charge >= 0.3 is 0 Å². The van der Waals surface area contributed by atoms with Crippen LogP contribution in [0.25, 0.3) is 0 Å². The summed E-state index contributed by atoms with van der Waals surface area (Å²) >= 11 is 0. The Bertz CT molecular complexity index is 573.